The Morgan fingerprint density at radius 2 is 2.11 bits per heavy atom. The van der Waals surface area contributed by atoms with Gasteiger partial charge in [0.25, 0.3) is 5.91 Å². The SMILES string of the molecule is CCCC[C@@H](C(=O)O)N1C(=O)/C(=C\c2ccc(-c3ccccc3Cl)o2)SC1=S. The van der Waals surface area contributed by atoms with Crippen LogP contribution >= 0.6 is 35.6 Å². The minimum absolute atomic E-state index is 0.248. The first-order valence-electron chi connectivity index (χ1n) is 8.77. The monoisotopic (exact) mass is 435 g/mol. The Hall–Kier alpha value is -2.09. The fraction of sp³-hybridized carbons (Fsp3) is 0.250. The number of amides is 1. The molecule has 1 N–H and O–H groups in total. The second kappa shape index (κ2) is 8.94. The summed E-state index contributed by atoms with van der Waals surface area (Å²) in [6, 6.07) is 9.86. The van der Waals surface area contributed by atoms with Crippen LogP contribution in [-0.2, 0) is 9.59 Å². The lowest BCUT2D eigenvalue weighted by molar-refractivity contribution is -0.145. The molecule has 1 aromatic heterocycles. The number of aliphatic carboxylic acids is 1. The second-order valence-electron chi connectivity index (χ2n) is 6.23. The van der Waals surface area contributed by atoms with Crippen molar-refractivity contribution in [1.82, 2.24) is 4.90 Å². The van der Waals surface area contributed by atoms with Crippen LogP contribution in [0.15, 0.2) is 45.7 Å². The molecule has 2 aromatic rings. The van der Waals surface area contributed by atoms with Crippen molar-refractivity contribution in [3.63, 3.8) is 0 Å². The summed E-state index contributed by atoms with van der Waals surface area (Å²) in [7, 11) is 0. The third-order valence-electron chi connectivity index (χ3n) is 4.29. The van der Waals surface area contributed by atoms with Crippen LogP contribution in [0.1, 0.15) is 31.9 Å². The lowest BCUT2D eigenvalue weighted by Gasteiger charge is -2.22. The van der Waals surface area contributed by atoms with Crippen molar-refractivity contribution >= 4 is 57.9 Å². The molecule has 1 aliphatic heterocycles. The Morgan fingerprint density at radius 3 is 2.79 bits per heavy atom. The Balaban J connectivity index is 1.84. The summed E-state index contributed by atoms with van der Waals surface area (Å²) in [6.45, 7) is 1.97. The Kier molecular flexibility index (Phi) is 6.59. The molecule has 5 nitrogen and oxygen atoms in total. The lowest BCUT2D eigenvalue weighted by atomic mass is 10.1. The Labute approximate surface area is 177 Å². The number of hydrogen-bond donors (Lipinski definition) is 1. The number of thioether (sulfide) groups is 1. The summed E-state index contributed by atoms with van der Waals surface area (Å²) < 4.78 is 6.05. The molecule has 1 amide bonds. The number of unbranched alkanes of at least 4 members (excludes halogenated alkanes) is 1. The van der Waals surface area contributed by atoms with Crippen LogP contribution in [0.3, 0.4) is 0 Å². The summed E-state index contributed by atoms with van der Waals surface area (Å²) in [4.78, 5) is 25.9. The van der Waals surface area contributed by atoms with Crippen LogP contribution in [0.5, 0.6) is 0 Å². The van der Waals surface area contributed by atoms with Crippen LogP contribution in [-0.4, -0.2) is 32.2 Å². The van der Waals surface area contributed by atoms with E-state index in [1.54, 1.807) is 24.3 Å². The summed E-state index contributed by atoms with van der Waals surface area (Å²) >= 11 is 12.5. The minimum Gasteiger partial charge on any atom is -0.480 e. The largest absolute Gasteiger partial charge is 0.480 e. The van der Waals surface area contributed by atoms with Gasteiger partial charge < -0.3 is 9.52 Å². The molecule has 28 heavy (non-hydrogen) atoms. The van der Waals surface area contributed by atoms with Crippen LogP contribution in [0.25, 0.3) is 17.4 Å². The van der Waals surface area contributed by atoms with Gasteiger partial charge >= 0.3 is 5.97 Å². The Bertz CT molecular complexity index is 953. The summed E-state index contributed by atoms with van der Waals surface area (Å²) in [6.07, 6.45) is 3.49. The van der Waals surface area contributed by atoms with Crippen LogP contribution in [0, 0.1) is 0 Å². The molecule has 0 radical (unpaired) electrons. The van der Waals surface area contributed by atoms with E-state index in [4.69, 9.17) is 28.2 Å². The Morgan fingerprint density at radius 1 is 1.36 bits per heavy atom. The molecule has 0 unspecified atom stereocenters. The zero-order valence-electron chi connectivity index (χ0n) is 15.1. The number of carbonyl (C=O) groups excluding carboxylic acids is 1. The highest BCUT2D eigenvalue weighted by molar-refractivity contribution is 8.26. The quantitative estimate of drug-likeness (QED) is 0.461. The molecule has 0 spiro atoms. The molecule has 1 aromatic carbocycles. The predicted molar refractivity (Wildman–Crippen MR) is 115 cm³/mol. The topological polar surface area (TPSA) is 70.8 Å². The van der Waals surface area contributed by atoms with Gasteiger partial charge in [-0.05, 0) is 30.7 Å². The van der Waals surface area contributed by atoms with Crippen molar-refractivity contribution in [3.8, 4) is 11.3 Å². The highest BCUT2D eigenvalue weighted by Gasteiger charge is 2.40. The van der Waals surface area contributed by atoms with E-state index in [1.165, 1.54) is 4.90 Å². The fourth-order valence-electron chi connectivity index (χ4n) is 2.87. The van der Waals surface area contributed by atoms with Gasteiger partial charge in [0.15, 0.2) is 0 Å². The van der Waals surface area contributed by atoms with Gasteiger partial charge in [-0.1, -0.05) is 67.5 Å². The number of nitrogens with zero attached hydrogens (tertiary/aromatic N) is 1. The number of benzene rings is 1. The maximum absolute atomic E-state index is 12.8. The molecule has 1 aliphatic rings. The predicted octanol–water partition coefficient (Wildman–Crippen LogP) is 5.44. The van der Waals surface area contributed by atoms with E-state index >= 15 is 0 Å². The van der Waals surface area contributed by atoms with Crippen molar-refractivity contribution in [2.24, 2.45) is 0 Å². The number of hydrogen-bond acceptors (Lipinski definition) is 5. The van der Waals surface area contributed by atoms with Gasteiger partial charge in [-0.2, -0.15) is 0 Å². The van der Waals surface area contributed by atoms with E-state index in [0.717, 1.165) is 23.7 Å². The van der Waals surface area contributed by atoms with E-state index in [1.807, 2.05) is 25.1 Å². The van der Waals surface area contributed by atoms with Gasteiger partial charge in [-0.25, -0.2) is 4.79 Å². The molecule has 0 bridgehead atoms. The first-order chi connectivity index (χ1) is 13.4. The van der Waals surface area contributed by atoms with Gasteiger partial charge in [0.1, 0.15) is 21.9 Å². The number of furan rings is 1. The lowest BCUT2D eigenvalue weighted by Crippen LogP contribution is -2.43. The summed E-state index contributed by atoms with van der Waals surface area (Å²) in [5, 5.41) is 10.1. The maximum Gasteiger partial charge on any atom is 0.326 e. The average Bonchev–Trinajstić information content (AvgIpc) is 3.22. The van der Waals surface area contributed by atoms with Crippen LogP contribution in [0.2, 0.25) is 5.02 Å². The molecular formula is C20H18ClNO4S2. The zero-order valence-corrected chi connectivity index (χ0v) is 17.4. The molecule has 2 heterocycles. The molecule has 1 saturated heterocycles. The minimum atomic E-state index is -1.05. The highest BCUT2D eigenvalue weighted by Crippen LogP contribution is 2.36. The van der Waals surface area contributed by atoms with Gasteiger partial charge in [-0.3, -0.25) is 9.69 Å². The van der Waals surface area contributed by atoms with Gasteiger partial charge in [0.2, 0.25) is 0 Å². The normalized spacial score (nSPS) is 16.8. The number of carboxylic acid groups (broad SMARTS) is 1. The number of halogens is 1. The molecule has 3 rings (SSSR count). The average molecular weight is 436 g/mol. The standard InChI is InChI=1S/C20H18ClNO4S2/c1-2-3-8-15(19(24)25)22-18(23)17(28-20(22)27)11-12-9-10-16(26-12)13-6-4-5-7-14(13)21/h4-7,9-11,15H,2-3,8H2,1H3,(H,24,25)/b17-11+/t15-/m0/s1. The number of carboxylic acids is 1. The van der Waals surface area contributed by atoms with E-state index in [9.17, 15) is 14.7 Å². The third kappa shape index (κ3) is 4.32. The second-order valence-corrected chi connectivity index (χ2v) is 8.31. The number of thiocarbonyl (C=S) groups is 1. The van der Waals surface area contributed by atoms with Crippen molar-refractivity contribution in [3.05, 3.63) is 52.1 Å². The van der Waals surface area contributed by atoms with Crippen molar-refractivity contribution in [2.45, 2.75) is 32.2 Å². The first-order valence-corrected chi connectivity index (χ1v) is 10.4. The number of carbonyl (C=O) groups is 2. The van der Waals surface area contributed by atoms with Gasteiger partial charge in [0.05, 0.1) is 9.93 Å². The van der Waals surface area contributed by atoms with Crippen molar-refractivity contribution in [1.29, 1.82) is 0 Å². The third-order valence-corrected chi connectivity index (χ3v) is 5.95. The molecule has 0 aliphatic carbocycles. The molecule has 1 fully saturated rings. The first kappa shape index (κ1) is 20.6. The summed E-state index contributed by atoms with van der Waals surface area (Å²) in [5.74, 6) is -0.409. The van der Waals surface area contributed by atoms with Gasteiger partial charge in [0, 0.05) is 11.6 Å². The van der Waals surface area contributed by atoms with Crippen LogP contribution < -0.4 is 0 Å². The van der Waals surface area contributed by atoms with E-state index in [0.29, 0.717) is 34.3 Å². The smallest absolute Gasteiger partial charge is 0.326 e. The van der Waals surface area contributed by atoms with E-state index in [-0.39, 0.29) is 4.32 Å². The molecule has 146 valence electrons. The molecule has 8 heteroatoms. The zero-order chi connectivity index (χ0) is 20.3. The highest BCUT2D eigenvalue weighted by atomic mass is 35.5. The van der Waals surface area contributed by atoms with E-state index < -0.39 is 17.9 Å². The molecular weight excluding hydrogens is 418 g/mol. The molecule has 1 atom stereocenters. The van der Waals surface area contributed by atoms with E-state index in [2.05, 4.69) is 0 Å². The van der Waals surface area contributed by atoms with Gasteiger partial charge in [-0.15, -0.1) is 0 Å². The van der Waals surface area contributed by atoms with Crippen molar-refractivity contribution in [2.75, 3.05) is 0 Å². The van der Waals surface area contributed by atoms with Crippen LogP contribution in [0.4, 0.5) is 0 Å². The fourth-order valence-corrected chi connectivity index (χ4v) is 4.44. The maximum atomic E-state index is 12.8. The number of rotatable bonds is 7. The summed E-state index contributed by atoms with van der Waals surface area (Å²) in [5.41, 5.74) is 0.752. The molecule has 0 saturated carbocycles. The van der Waals surface area contributed by atoms with Crippen molar-refractivity contribution < 1.29 is 19.1 Å².